The summed E-state index contributed by atoms with van der Waals surface area (Å²) in [5.41, 5.74) is 0.899. The molecule has 0 spiro atoms. The molecular formula is C17H11N3O2. The number of rotatable bonds is 1. The molecule has 0 amide bonds. The molecule has 4 aromatic rings. The minimum atomic E-state index is -0.344. The van der Waals surface area contributed by atoms with Crippen LogP contribution in [0, 0.1) is 0 Å². The molecular weight excluding hydrogens is 278 g/mol. The molecule has 0 saturated heterocycles. The lowest BCUT2D eigenvalue weighted by Crippen LogP contribution is -2.26. The van der Waals surface area contributed by atoms with Gasteiger partial charge in [0, 0.05) is 0 Å². The second-order valence-corrected chi connectivity index (χ2v) is 4.99. The monoisotopic (exact) mass is 289 g/mol. The molecule has 0 aliphatic heterocycles. The summed E-state index contributed by atoms with van der Waals surface area (Å²) in [5, 5.41) is 0.830. The summed E-state index contributed by atoms with van der Waals surface area (Å²) in [6, 6.07) is 16.5. The van der Waals surface area contributed by atoms with Gasteiger partial charge < -0.3 is 4.98 Å². The molecule has 2 heterocycles. The highest BCUT2D eigenvalue weighted by molar-refractivity contribution is 5.79. The number of aromatic nitrogens is 3. The van der Waals surface area contributed by atoms with Gasteiger partial charge in [0.25, 0.3) is 11.1 Å². The third-order valence-electron chi connectivity index (χ3n) is 3.59. The lowest BCUT2D eigenvalue weighted by molar-refractivity contribution is 1.11. The predicted octanol–water partition coefficient (Wildman–Crippen LogP) is 1.08. The Morgan fingerprint density at radius 1 is 0.955 bits per heavy atom. The predicted molar refractivity (Wildman–Crippen MR) is 84.8 cm³/mol. The first-order chi connectivity index (χ1) is 10.7. The van der Waals surface area contributed by atoms with Crippen molar-refractivity contribution in [1.82, 2.24) is 14.4 Å². The van der Waals surface area contributed by atoms with Crippen LogP contribution in [0.4, 0.5) is 0 Å². The fourth-order valence-corrected chi connectivity index (χ4v) is 2.57. The van der Waals surface area contributed by atoms with Crippen LogP contribution in [0.1, 0.15) is 5.56 Å². The van der Waals surface area contributed by atoms with Crippen molar-refractivity contribution in [2.24, 2.45) is 0 Å². The molecule has 2 aromatic heterocycles. The zero-order valence-corrected chi connectivity index (χ0v) is 11.5. The smallest absolute Gasteiger partial charge is 0.282 e. The molecule has 0 unspecified atom stereocenters. The zero-order valence-electron chi connectivity index (χ0n) is 11.5. The zero-order chi connectivity index (χ0) is 15.1. The van der Waals surface area contributed by atoms with Crippen molar-refractivity contribution in [3.63, 3.8) is 0 Å². The van der Waals surface area contributed by atoms with E-state index in [9.17, 15) is 9.59 Å². The van der Waals surface area contributed by atoms with Crippen molar-refractivity contribution in [2.45, 2.75) is 0 Å². The number of hydrogen-bond donors (Lipinski definition) is 1. The van der Waals surface area contributed by atoms with Gasteiger partial charge in [-0.25, -0.2) is 4.40 Å². The number of benzene rings is 2. The molecule has 5 nitrogen and oxygen atoms in total. The minimum Gasteiger partial charge on any atom is -0.320 e. The number of imidazole rings is 1. The highest BCUT2D eigenvalue weighted by Gasteiger charge is 2.09. The van der Waals surface area contributed by atoms with E-state index in [0.29, 0.717) is 16.3 Å². The van der Waals surface area contributed by atoms with Crippen molar-refractivity contribution >= 4 is 22.8 Å². The first-order valence-electron chi connectivity index (χ1n) is 6.84. The molecule has 1 N–H and O–H groups in total. The Bertz CT molecular complexity index is 1160. The van der Waals surface area contributed by atoms with Crippen LogP contribution in [0.15, 0.2) is 64.2 Å². The first-order valence-corrected chi connectivity index (χ1v) is 6.84. The average Bonchev–Trinajstić information content (AvgIpc) is 2.85. The summed E-state index contributed by atoms with van der Waals surface area (Å²) in [7, 11) is 0. The van der Waals surface area contributed by atoms with Crippen LogP contribution in [0.25, 0.3) is 22.8 Å². The second-order valence-electron chi connectivity index (χ2n) is 4.99. The van der Waals surface area contributed by atoms with Crippen molar-refractivity contribution < 1.29 is 0 Å². The first kappa shape index (κ1) is 12.5. The Morgan fingerprint density at radius 2 is 1.68 bits per heavy atom. The lowest BCUT2D eigenvalue weighted by atomic mass is 10.2. The third-order valence-corrected chi connectivity index (χ3v) is 3.59. The standard InChI is InChI=1S/C17H11N3O2/c21-15-12-8-4-5-9-14(12)20-16(22)13(18-17(20)19-15)10-11-6-2-1-3-7-11/h1-10H,(H,18,19,21). The average molecular weight is 289 g/mol. The largest absolute Gasteiger partial charge is 0.320 e. The molecule has 0 aliphatic carbocycles. The molecule has 106 valence electrons. The molecule has 0 saturated carbocycles. The van der Waals surface area contributed by atoms with Crippen LogP contribution < -0.4 is 16.5 Å². The quantitative estimate of drug-likeness (QED) is 0.570. The van der Waals surface area contributed by atoms with Gasteiger partial charge in [-0.1, -0.05) is 42.5 Å². The SMILES string of the molecule is O=c1nc2[nH]c(=Cc3ccccc3)c(=O)n2c2ccccc12. The Balaban J connectivity index is 2.15. The van der Waals surface area contributed by atoms with Gasteiger partial charge >= 0.3 is 0 Å². The summed E-state index contributed by atoms with van der Waals surface area (Å²) in [5.74, 6) is 0.260. The van der Waals surface area contributed by atoms with Crippen molar-refractivity contribution in [3.8, 4) is 0 Å². The van der Waals surface area contributed by atoms with Gasteiger partial charge in [0.2, 0.25) is 5.78 Å². The maximum absolute atomic E-state index is 12.6. The molecule has 0 radical (unpaired) electrons. The highest BCUT2D eigenvalue weighted by Crippen LogP contribution is 2.07. The summed E-state index contributed by atoms with van der Waals surface area (Å²) in [4.78, 5) is 31.5. The molecule has 0 aliphatic rings. The maximum atomic E-state index is 12.6. The summed E-state index contributed by atoms with van der Waals surface area (Å²) in [6.45, 7) is 0. The number of hydrogen-bond acceptors (Lipinski definition) is 3. The number of nitrogens with zero attached hydrogens (tertiary/aromatic N) is 2. The van der Waals surface area contributed by atoms with Crippen LogP contribution in [-0.4, -0.2) is 14.4 Å². The van der Waals surface area contributed by atoms with Crippen molar-refractivity contribution in [2.75, 3.05) is 0 Å². The number of nitrogens with one attached hydrogen (secondary N) is 1. The summed E-state index contributed by atoms with van der Waals surface area (Å²) < 4.78 is 1.44. The van der Waals surface area contributed by atoms with Gasteiger partial charge in [-0.05, 0) is 23.8 Å². The van der Waals surface area contributed by atoms with Crippen molar-refractivity contribution in [1.29, 1.82) is 0 Å². The van der Waals surface area contributed by atoms with Crippen LogP contribution in [0.5, 0.6) is 0 Å². The molecule has 5 heteroatoms. The van der Waals surface area contributed by atoms with Gasteiger partial charge in [-0.3, -0.25) is 9.59 Å². The van der Waals surface area contributed by atoms with Gasteiger partial charge in [0.05, 0.1) is 10.9 Å². The van der Waals surface area contributed by atoms with Gasteiger partial charge in [0.1, 0.15) is 5.35 Å². The van der Waals surface area contributed by atoms with E-state index in [0.717, 1.165) is 5.56 Å². The Kier molecular flexibility index (Phi) is 2.66. The van der Waals surface area contributed by atoms with E-state index >= 15 is 0 Å². The second kappa shape index (κ2) is 4.66. The topological polar surface area (TPSA) is 67.2 Å². The third kappa shape index (κ3) is 1.83. The minimum absolute atomic E-state index is 0.220. The molecule has 0 fully saturated rings. The van der Waals surface area contributed by atoms with E-state index in [1.807, 2.05) is 30.3 Å². The Hall–Kier alpha value is -3.21. The van der Waals surface area contributed by atoms with E-state index in [1.54, 1.807) is 30.3 Å². The number of para-hydroxylation sites is 1. The normalized spacial score (nSPS) is 12.3. The number of aromatic amines is 1. The molecule has 4 rings (SSSR count). The van der Waals surface area contributed by atoms with Crippen LogP contribution in [-0.2, 0) is 0 Å². The van der Waals surface area contributed by atoms with Crippen LogP contribution in [0.2, 0.25) is 0 Å². The van der Waals surface area contributed by atoms with E-state index < -0.39 is 0 Å². The Labute approximate surface area is 124 Å². The van der Waals surface area contributed by atoms with E-state index in [-0.39, 0.29) is 16.9 Å². The van der Waals surface area contributed by atoms with Gasteiger partial charge in [-0.2, -0.15) is 4.98 Å². The van der Waals surface area contributed by atoms with Crippen LogP contribution >= 0.6 is 0 Å². The van der Waals surface area contributed by atoms with Crippen molar-refractivity contribution in [3.05, 3.63) is 86.2 Å². The number of fused-ring (bicyclic) bond motifs is 3. The number of H-pyrrole nitrogens is 1. The van der Waals surface area contributed by atoms with E-state index in [4.69, 9.17) is 0 Å². The molecule has 0 bridgehead atoms. The molecule has 0 atom stereocenters. The highest BCUT2D eigenvalue weighted by atomic mass is 16.1. The van der Waals surface area contributed by atoms with E-state index in [2.05, 4.69) is 9.97 Å². The van der Waals surface area contributed by atoms with Gasteiger partial charge in [0.15, 0.2) is 0 Å². The van der Waals surface area contributed by atoms with Crippen LogP contribution in [0.3, 0.4) is 0 Å². The molecule has 22 heavy (non-hydrogen) atoms. The Morgan fingerprint density at radius 3 is 2.50 bits per heavy atom. The van der Waals surface area contributed by atoms with E-state index in [1.165, 1.54) is 4.40 Å². The summed E-state index contributed by atoms with van der Waals surface area (Å²) in [6.07, 6.45) is 1.75. The molecule has 2 aromatic carbocycles. The fourth-order valence-electron chi connectivity index (χ4n) is 2.57. The maximum Gasteiger partial charge on any atom is 0.282 e. The lowest BCUT2D eigenvalue weighted by Gasteiger charge is -1.97. The summed E-state index contributed by atoms with van der Waals surface area (Å²) >= 11 is 0. The fraction of sp³-hybridized carbons (Fsp3) is 0. The van der Waals surface area contributed by atoms with Gasteiger partial charge in [-0.15, -0.1) is 0 Å².